The number of likely N-dealkylation sites (tertiary alicyclic amines) is 1. The van der Waals surface area contributed by atoms with Gasteiger partial charge in [-0.3, -0.25) is 4.90 Å². The van der Waals surface area contributed by atoms with Gasteiger partial charge >= 0.3 is 0 Å². The third-order valence-electron chi connectivity index (χ3n) is 5.70. The molecule has 0 aromatic carbocycles. The molecule has 2 aliphatic heterocycles. The minimum atomic E-state index is 0.0582. The van der Waals surface area contributed by atoms with E-state index < -0.39 is 0 Å². The molecule has 3 fully saturated rings. The molecule has 3 unspecified atom stereocenters. The second kappa shape index (κ2) is 4.71. The smallest absolute Gasteiger partial charge is 0.0683 e. The Labute approximate surface area is 117 Å². The lowest BCUT2D eigenvalue weighted by Crippen LogP contribution is -2.70. The minimum Gasteiger partial charge on any atom is -0.377 e. The van der Waals surface area contributed by atoms with Crippen molar-refractivity contribution in [3.8, 4) is 0 Å². The average molecular weight is 266 g/mol. The molecule has 0 aromatic heterocycles. The van der Waals surface area contributed by atoms with Crippen molar-refractivity contribution in [2.24, 2.45) is 11.7 Å². The van der Waals surface area contributed by atoms with Crippen LogP contribution < -0.4 is 5.73 Å². The summed E-state index contributed by atoms with van der Waals surface area (Å²) in [5, 5.41) is 0. The van der Waals surface area contributed by atoms with Crippen LogP contribution in [0.1, 0.15) is 59.3 Å². The molecule has 19 heavy (non-hydrogen) atoms. The van der Waals surface area contributed by atoms with Crippen LogP contribution in [0.15, 0.2) is 0 Å². The van der Waals surface area contributed by atoms with Gasteiger partial charge in [0.25, 0.3) is 0 Å². The molecule has 0 aromatic rings. The maximum absolute atomic E-state index is 6.48. The maximum Gasteiger partial charge on any atom is 0.0683 e. The van der Waals surface area contributed by atoms with E-state index in [1.165, 1.54) is 38.5 Å². The quantitative estimate of drug-likeness (QED) is 0.792. The van der Waals surface area contributed by atoms with Gasteiger partial charge in [-0.2, -0.15) is 0 Å². The molecule has 2 N–H and O–H groups in total. The van der Waals surface area contributed by atoms with E-state index in [4.69, 9.17) is 10.5 Å². The first-order chi connectivity index (χ1) is 8.94. The van der Waals surface area contributed by atoms with Crippen molar-refractivity contribution in [1.29, 1.82) is 0 Å². The lowest BCUT2D eigenvalue weighted by Gasteiger charge is -2.60. The molecule has 2 heterocycles. The third kappa shape index (κ3) is 2.34. The van der Waals surface area contributed by atoms with Crippen LogP contribution in [0.3, 0.4) is 0 Å². The second-order valence-electron chi connectivity index (χ2n) is 7.83. The number of rotatable bonds is 1. The van der Waals surface area contributed by atoms with E-state index in [-0.39, 0.29) is 5.54 Å². The summed E-state index contributed by atoms with van der Waals surface area (Å²) in [6.45, 7) is 8.87. The van der Waals surface area contributed by atoms with E-state index in [2.05, 4.69) is 25.7 Å². The Hall–Kier alpha value is -0.120. The number of piperidine rings is 1. The van der Waals surface area contributed by atoms with E-state index in [1.807, 2.05) is 0 Å². The zero-order valence-electron chi connectivity index (χ0n) is 12.8. The number of ether oxygens (including phenoxy) is 1. The van der Waals surface area contributed by atoms with Gasteiger partial charge in [0.05, 0.1) is 18.8 Å². The van der Waals surface area contributed by atoms with Crippen molar-refractivity contribution in [3.63, 3.8) is 0 Å². The van der Waals surface area contributed by atoms with Crippen LogP contribution in [-0.4, -0.2) is 41.3 Å². The normalized spacial score (nSPS) is 42.8. The fourth-order valence-corrected chi connectivity index (χ4v) is 4.95. The second-order valence-corrected chi connectivity index (χ2v) is 7.83. The topological polar surface area (TPSA) is 38.5 Å². The van der Waals surface area contributed by atoms with Gasteiger partial charge in [-0.1, -0.05) is 6.42 Å². The highest BCUT2D eigenvalue weighted by Crippen LogP contribution is 2.46. The van der Waals surface area contributed by atoms with Crippen LogP contribution in [0, 0.1) is 5.92 Å². The zero-order chi connectivity index (χ0) is 13.7. The summed E-state index contributed by atoms with van der Waals surface area (Å²) in [4.78, 5) is 2.81. The van der Waals surface area contributed by atoms with Crippen LogP contribution in [0.25, 0.3) is 0 Å². The van der Waals surface area contributed by atoms with Gasteiger partial charge in [-0.25, -0.2) is 0 Å². The average Bonchev–Trinajstić information content (AvgIpc) is 2.41. The molecule has 1 aliphatic carbocycles. The van der Waals surface area contributed by atoms with E-state index in [9.17, 15) is 0 Å². The molecular formula is C16H30N2O. The molecule has 3 atom stereocenters. The molecule has 1 saturated carbocycles. The number of hydrogen-bond donors (Lipinski definition) is 1. The Morgan fingerprint density at radius 3 is 2.53 bits per heavy atom. The molecule has 3 nitrogen and oxygen atoms in total. The predicted molar refractivity (Wildman–Crippen MR) is 78.1 cm³/mol. The first kappa shape index (κ1) is 13.8. The Morgan fingerprint density at radius 2 is 1.95 bits per heavy atom. The van der Waals surface area contributed by atoms with Gasteiger partial charge in [-0.15, -0.1) is 0 Å². The van der Waals surface area contributed by atoms with Crippen LogP contribution in [0.4, 0.5) is 0 Å². The van der Waals surface area contributed by atoms with Crippen LogP contribution in [-0.2, 0) is 4.74 Å². The maximum atomic E-state index is 6.48. The molecule has 0 bridgehead atoms. The molecule has 1 spiro atoms. The summed E-state index contributed by atoms with van der Waals surface area (Å²) in [7, 11) is 0. The van der Waals surface area contributed by atoms with E-state index in [0.29, 0.717) is 11.6 Å². The first-order valence-corrected chi connectivity index (χ1v) is 8.09. The van der Waals surface area contributed by atoms with Crippen molar-refractivity contribution in [2.45, 2.75) is 82.5 Å². The highest BCUT2D eigenvalue weighted by molar-refractivity contribution is 5.07. The largest absolute Gasteiger partial charge is 0.377 e. The monoisotopic (exact) mass is 266 g/mol. The van der Waals surface area contributed by atoms with Gasteiger partial charge in [0, 0.05) is 17.6 Å². The lowest BCUT2D eigenvalue weighted by atomic mass is 9.72. The Morgan fingerprint density at radius 1 is 1.21 bits per heavy atom. The van der Waals surface area contributed by atoms with Crippen molar-refractivity contribution < 1.29 is 4.74 Å². The molecular weight excluding hydrogens is 236 g/mol. The van der Waals surface area contributed by atoms with Crippen molar-refractivity contribution >= 4 is 0 Å². The molecule has 3 heteroatoms. The Kier molecular flexibility index (Phi) is 3.43. The Bertz CT molecular complexity index is 336. The van der Waals surface area contributed by atoms with Gasteiger partial charge in [0.15, 0.2) is 0 Å². The molecule has 110 valence electrons. The van der Waals surface area contributed by atoms with E-state index >= 15 is 0 Å². The SMILES string of the molecule is CC(C)N1C2CCCC(C)(N)CC2CCC12COC2. The van der Waals surface area contributed by atoms with Crippen molar-refractivity contribution in [2.75, 3.05) is 13.2 Å². The molecule has 3 aliphatic rings. The molecule has 0 radical (unpaired) electrons. The van der Waals surface area contributed by atoms with Crippen molar-refractivity contribution in [1.82, 2.24) is 4.90 Å². The van der Waals surface area contributed by atoms with Crippen molar-refractivity contribution in [3.05, 3.63) is 0 Å². The number of nitrogens with two attached hydrogens (primary N) is 1. The summed E-state index contributed by atoms with van der Waals surface area (Å²) in [5.74, 6) is 0.797. The number of hydrogen-bond acceptors (Lipinski definition) is 3. The fraction of sp³-hybridized carbons (Fsp3) is 1.00. The predicted octanol–water partition coefficient (Wildman–Crippen LogP) is 2.54. The standard InChI is InChI=1S/C16H30N2O/c1-12(2)18-14-5-4-7-15(3,17)9-13(14)6-8-16(18)10-19-11-16/h12-14H,4-11,17H2,1-3H3. The third-order valence-corrected chi connectivity index (χ3v) is 5.70. The van der Waals surface area contributed by atoms with Crippen LogP contribution in [0.5, 0.6) is 0 Å². The lowest BCUT2D eigenvalue weighted by molar-refractivity contribution is -0.194. The molecule has 2 saturated heterocycles. The number of nitrogens with zero attached hydrogens (tertiary/aromatic N) is 1. The highest BCUT2D eigenvalue weighted by Gasteiger charge is 2.53. The molecule has 3 rings (SSSR count). The van der Waals surface area contributed by atoms with E-state index in [0.717, 1.165) is 25.2 Å². The van der Waals surface area contributed by atoms with E-state index in [1.54, 1.807) is 0 Å². The summed E-state index contributed by atoms with van der Waals surface area (Å²) in [6, 6.07) is 1.36. The Balaban J connectivity index is 1.84. The summed E-state index contributed by atoms with van der Waals surface area (Å²) >= 11 is 0. The van der Waals surface area contributed by atoms with Gasteiger partial charge in [-0.05, 0) is 58.8 Å². The minimum absolute atomic E-state index is 0.0582. The van der Waals surface area contributed by atoms with Gasteiger partial charge in [0.1, 0.15) is 0 Å². The van der Waals surface area contributed by atoms with Gasteiger partial charge < -0.3 is 10.5 Å². The summed E-state index contributed by atoms with van der Waals surface area (Å²) in [6.07, 6.45) is 7.67. The summed E-state index contributed by atoms with van der Waals surface area (Å²) < 4.78 is 5.58. The summed E-state index contributed by atoms with van der Waals surface area (Å²) in [5.41, 5.74) is 6.90. The van der Waals surface area contributed by atoms with Crippen LogP contribution in [0.2, 0.25) is 0 Å². The zero-order valence-corrected chi connectivity index (χ0v) is 12.8. The van der Waals surface area contributed by atoms with Crippen LogP contribution >= 0.6 is 0 Å². The fourth-order valence-electron chi connectivity index (χ4n) is 4.95. The number of fused-ring (bicyclic) bond motifs is 1. The molecule has 0 amide bonds. The first-order valence-electron chi connectivity index (χ1n) is 8.09. The van der Waals surface area contributed by atoms with Gasteiger partial charge in [0.2, 0.25) is 0 Å². The highest BCUT2D eigenvalue weighted by atomic mass is 16.5.